The van der Waals surface area contributed by atoms with Crippen molar-refractivity contribution in [2.75, 3.05) is 0 Å². The minimum absolute atomic E-state index is 0.426. The lowest BCUT2D eigenvalue weighted by atomic mass is 9.83. The van der Waals surface area contributed by atoms with E-state index in [-0.39, 0.29) is 0 Å². The first kappa shape index (κ1) is 10.5. The average molecular weight is 239 g/mol. The highest BCUT2D eigenvalue weighted by Gasteiger charge is 2.38. The van der Waals surface area contributed by atoms with E-state index in [9.17, 15) is 21.4 Å². The molecule has 1 aromatic rings. The predicted octanol–water partition coefficient (Wildman–Crippen LogP) is 0.278. The Morgan fingerprint density at radius 3 is 2.40 bits per heavy atom. The molecule has 4 nitrogen and oxygen atoms in total. The fourth-order valence-corrected chi connectivity index (χ4v) is 2.63. The van der Waals surface area contributed by atoms with Crippen molar-refractivity contribution in [3.05, 3.63) is 12.4 Å². The van der Waals surface area contributed by atoms with Crippen LogP contribution in [0.15, 0.2) is 12.4 Å². The lowest BCUT2D eigenvalue weighted by Crippen LogP contribution is -2.33. The summed E-state index contributed by atoms with van der Waals surface area (Å²) in [4.78, 5) is 0. The summed E-state index contributed by atoms with van der Waals surface area (Å²) in [6.07, 6.45) is 2.07. The number of halogens is 3. The van der Waals surface area contributed by atoms with E-state index in [2.05, 4.69) is 5.10 Å². The molecular formula is C6H7BF3N2O2S-. The molecule has 0 unspecified atom stereocenters. The van der Waals surface area contributed by atoms with Gasteiger partial charge in [0, 0.05) is 12.4 Å². The normalized spacial score (nSPS) is 18.1. The van der Waals surface area contributed by atoms with Gasteiger partial charge in [0.15, 0.2) is 0 Å². The van der Waals surface area contributed by atoms with Crippen LogP contribution < -0.4 is 5.46 Å². The molecule has 0 radical (unpaired) electrons. The second-order valence-corrected chi connectivity index (χ2v) is 5.54. The second kappa shape index (κ2) is 3.00. The summed E-state index contributed by atoms with van der Waals surface area (Å²) in [5, 5.41) is 2.68. The molecule has 0 saturated heterocycles. The third kappa shape index (κ3) is 1.88. The van der Waals surface area contributed by atoms with Crippen molar-refractivity contribution in [1.82, 2.24) is 9.19 Å². The molecule has 0 spiro atoms. The van der Waals surface area contributed by atoms with Crippen LogP contribution >= 0.6 is 0 Å². The molecule has 0 bridgehead atoms. The van der Waals surface area contributed by atoms with Gasteiger partial charge in [0.25, 0.3) is 10.0 Å². The molecule has 2 rings (SSSR count). The summed E-state index contributed by atoms with van der Waals surface area (Å²) in [5.41, 5.74) is -0.987. The highest BCUT2D eigenvalue weighted by molar-refractivity contribution is 7.90. The van der Waals surface area contributed by atoms with Gasteiger partial charge in [0.1, 0.15) is 0 Å². The van der Waals surface area contributed by atoms with Crippen LogP contribution in [0.1, 0.15) is 12.8 Å². The van der Waals surface area contributed by atoms with E-state index in [1.54, 1.807) is 0 Å². The van der Waals surface area contributed by atoms with Crippen molar-refractivity contribution in [3.63, 3.8) is 0 Å². The summed E-state index contributed by atoms with van der Waals surface area (Å²) in [6.45, 7) is -5.19. The molecule has 0 aliphatic heterocycles. The molecular weight excluding hydrogens is 232 g/mol. The minimum Gasteiger partial charge on any atom is -0.445 e. The topological polar surface area (TPSA) is 52.0 Å². The molecule has 0 aromatic carbocycles. The molecule has 1 aliphatic carbocycles. The summed E-state index contributed by atoms with van der Waals surface area (Å²) < 4.78 is 60.0. The molecule has 1 aliphatic rings. The van der Waals surface area contributed by atoms with Crippen LogP contribution in [0.4, 0.5) is 12.9 Å². The lowest BCUT2D eigenvalue weighted by Gasteiger charge is -2.09. The van der Waals surface area contributed by atoms with Crippen molar-refractivity contribution in [1.29, 1.82) is 0 Å². The lowest BCUT2D eigenvalue weighted by molar-refractivity contribution is 0.501. The van der Waals surface area contributed by atoms with Gasteiger partial charge >= 0.3 is 6.98 Å². The Morgan fingerprint density at radius 2 is 2.00 bits per heavy atom. The van der Waals surface area contributed by atoms with Crippen molar-refractivity contribution in [2.45, 2.75) is 18.1 Å². The zero-order chi connectivity index (χ0) is 11.3. The Morgan fingerprint density at radius 1 is 1.40 bits per heavy atom. The Kier molecular flexibility index (Phi) is 2.11. The Hall–Kier alpha value is -0.985. The van der Waals surface area contributed by atoms with Crippen LogP contribution in [0, 0.1) is 0 Å². The summed E-state index contributed by atoms with van der Waals surface area (Å²) >= 11 is 0. The quantitative estimate of drug-likeness (QED) is 0.711. The predicted molar refractivity (Wildman–Crippen MR) is 48.3 cm³/mol. The van der Waals surface area contributed by atoms with Crippen LogP contribution in [0.25, 0.3) is 0 Å². The van der Waals surface area contributed by atoms with Crippen molar-refractivity contribution < 1.29 is 21.4 Å². The van der Waals surface area contributed by atoms with Gasteiger partial charge in [-0.15, -0.1) is 0 Å². The highest BCUT2D eigenvalue weighted by atomic mass is 32.2. The monoisotopic (exact) mass is 239 g/mol. The summed E-state index contributed by atoms with van der Waals surface area (Å²) in [7, 11) is -3.69. The fraction of sp³-hybridized carbons (Fsp3) is 0.500. The van der Waals surface area contributed by atoms with Crippen LogP contribution in [-0.4, -0.2) is 29.8 Å². The SMILES string of the molecule is O=S(=O)(C1CC1)n1cc([B-](F)(F)F)cn1. The largest absolute Gasteiger partial charge is 0.512 e. The van der Waals surface area contributed by atoms with Gasteiger partial charge < -0.3 is 12.9 Å². The maximum Gasteiger partial charge on any atom is 0.512 e. The highest BCUT2D eigenvalue weighted by Crippen LogP contribution is 2.29. The van der Waals surface area contributed by atoms with Crippen LogP contribution in [0.5, 0.6) is 0 Å². The number of aromatic nitrogens is 2. The first-order chi connectivity index (χ1) is 6.82. The van der Waals surface area contributed by atoms with Gasteiger partial charge in [-0.25, -0.2) is 8.42 Å². The van der Waals surface area contributed by atoms with E-state index in [0.29, 0.717) is 29.3 Å². The van der Waals surface area contributed by atoms with Crippen LogP contribution in [0.2, 0.25) is 0 Å². The van der Waals surface area contributed by atoms with Crippen molar-refractivity contribution in [3.8, 4) is 0 Å². The number of hydrogen-bond acceptors (Lipinski definition) is 3. The number of nitrogens with zero attached hydrogens (tertiary/aromatic N) is 2. The minimum atomic E-state index is -5.19. The molecule has 1 fully saturated rings. The zero-order valence-electron chi connectivity index (χ0n) is 7.48. The zero-order valence-corrected chi connectivity index (χ0v) is 8.29. The number of hydrogen-bond donors (Lipinski definition) is 0. The molecule has 84 valence electrons. The van der Waals surface area contributed by atoms with Gasteiger partial charge in [-0.3, -0.25) is 0 Å². The maximum atomic E-state index is 12.2. The average Bonchev–Trinajstić information content (AvgIpc) is 2.80. The van der Waals surface area contributed by atoms with E-state index >= 15 is 0 Å². The molecule has 1 aromatic heterocycles. The molecule has 1 heterocycles. The summed E-state index contributed by atoms with van der Waals surface area (Å²) in [5.74, 6) is 0. The Labute approximate surface area is 84.2 Å². The molecule has 0 amide bonds. The van der Waals surface area contributed by atoms with Gasteiger partial charge in [-0.05, 0) is 12.8 Å². The van der Waals surface area contributed by atoms with E-state index in [1.165, 1.54) is 0 Å². The molecule has 15 heavy (non-hydrogen) atoms. The van der Waals surface area contributed by atoms with E-state index < -0.39 is 27.7 Å². The standard InChI is InChI=1S/C6H7BF3N2O2S/c8-7(9,10)5-3-11-12(4-5)15(13,14)6-1-2-6/h3-4,6H,1-2H2/q-1. The van der Waals surface area contributed by atoms with Crippen LogP contribution in [0.3, 0.4) is 0 Å². The molecule has 0 N–H and O–H groups in total. The molecule has 1 saturated carbocycles. The summed E-state index contributed by atoms with van der Waals surface area (Å²) in [6, 6.07) is 0. The number of rotatable bonds is 3. The second-order valence-electron chi connectivity index (χ2n) is 3.47. The van der Waals surface area contributed by atoms with E-state index in [0.717, 1.165) is 0 Å². The van der Waals surface area contributed by atoms with E-state index in [1.807, 2.05) is 0 Å². The van der Waals surface area contributed by atoms with E-state index in [4.69, 9.17) is 0 Å². The van der Waals surface area contributed by atoms with Crippen molar-refractivity contribution >= 4 is 22.5 Å². The fourth-order valence-electron chi connectivity index (χ4n) is 1.14. The molecule has 0 atom stereocenters. The Bertz CT molecular complexity index is 477. The van der Waals surface area contributed by atoms with Gasteiger partial charge in [0.2, 0.25) is 0 Å². The first-order valence-corrected chi connectivity index (χ1v) is 5.81. The molecule has 9 heteroatoms. The third-order valence-corrected chi connectivity index (χ3v) is 4.20. The maximum absolute atomic E-state index is 12.2. The van der Waals surface area contributed by atoms with Crippen molar-refractivity contribution in [2.24, 2.45) is 0 Å². The van der Waals surface area contributed by atoms with Gasteiger partial charge in [-0.2, -0.15) is 9.19 Å². The van der Waals surface area contributed by atoms with Crippen LogP contribution in [-0.2, 0) is 10.0 Å². The van der Waals surface area contributed by atoms with Gasteiger partial charge in [0.05, 0.1) is 5.25 Å². The third-order valence-electron chi connectivity index (χ3n) is 2.16. The first-order valence-electron chi connectivity index (χ1n) is 4.31. The Balaban J connectivity index is 2.35. The van der Waals surface area contributed by atoms with Gasteiger partial charge in [-0.1, -0.05) is 5.46 Å². The smallest absolute Gasteiger partial charge is 0.445 e.